The molecule has 0 radical (unpaired) electrons. The van der Waals surface area contributed by atoms with Crippen molar-refractivity contribution in [2.45, 2.75) is 50.5 Å². The number of rotatable bonds is 2. The largest absolute Gasteiger partial charge is 0.391 e. The standard InChI is InChI=1S/C11H13FN4.C5H10O2/c1-2-11(3-4-11)9-5-7(12)8-6-14-10(13)15-16(8)9;6-5-2-1-3-7-4-5/h5-6H,2-4H2,1H3,(H2,13,15);5-6H,1-4H2. The molecule has 0 amide bonds. The number of ether oxygens (including phenoxy) is 1. The highest BCUT2D eigenvalue weighted by Gasteiger charge is 2.45. The summed E-state index contributed by atoms with van der Waals surface area (Å²) in [6, 6.07) is 1.57. The van der Waals surface area contributed by atoms with Gasteiger partial charge >= 0.3 is 0 Å². The van der Waals surface area contributed by atoms with Crippen molar-refractivity contribution in [1.82, 2.24) is 14.6 Å². The quantitative estimate of drug-likeness (QED) is 0.884. The van der Waals surface area contributed by atoms with Gasteiger partial charge < -0.3 is 15.6 Å². The zero-order valence-electron chi connectivity index (χ0n) is 13.3. The van der Waals surface area contributed by atoms with E-state index in [9.17, 15) is 4.39 Å². The Balaban J connectivity index is 0.000000188. The van der Waals surface area contributed by atoms with Crippen molar-refractivity contribution in [3.63, 3.8) is 0 Å². The highest BCUT2D eigenvalue weighted by molar-refractivity contribution is 5.51. The predicted molar refractivity (Wildman–Crippen MR) is 84.6 cm³/mol. The average molecular weight is 322 g/mol. The molecule has 3 heterocycles. The van der Waals surface area contributed by atoms with E-state index in [2.05, 4.69) is 17.0 Å². The summed E-state index contributed by atoms with van der Waals surface area (Å²) in [6.07, 6.45) is 6.38. The Morgan fingerprint density at radius 1 is 1.52 bits per heavy atom. The van der Waals surface area contributed by atoms with Gasteiger partial charge in [0.2, 0.25) is 5.95 Å². The summed E-state index contributed by atoms with van der Waals surface area (Å²) in [5.41, 5.74) is 6.98. The normalized spacial score (nSPS) is 22.5. The number of halogens is 1. The van der Waals surface area contributed by atoms with Crippen LogP contribution in [0.25, 0.3) is 5.52 Å². The van der Waals surface area contributed by atoms with Crippen LogP contribution in [0.15, 0.2) is 12.3 Å². The van der Waals surface area contributed by atoms with Gasteiger partial charge in [-0.3, -0.25) is 0 Å². The highest BCUT2D eigenvalue weighted by atomic mass is 19.1. The summed E-state index contributed by atoms with van der Waals surface area (Å²) >= 11 is 0. The lowest BCUT2D eigenvalue weighted by molar-refractivity contribution is -0.00535. The van der Waals surface area contributed by atoms with Crippen molar-refractivity contribution < 1.29 is 14.2 Å². The molecule has 1 aliphatic heterocycles. The molecule has 2 aliphatic rings. The molecule has 2 fully saturated rings. The maximum Gasteiger partial charge on any atom is 0.238 e. The van der Waals surface area contributed by atoms with E-state index in [0.717, 1.165) is 44.4 Å². The number of fused-ring (bicyclic) bond motifs is 1. The monoisotopic (exact) mass is 322 g/mol. The van der Waals surface area contributed by atoms with Gasteiger partial charge in [-0.05, 0) is 38.2 Å². The number of hydrogen-bond donors (Lipinski definition) is 2. The zero-order chi connectivity index (χ0) is 16.4. The second-order valence-electron chi connectivity index (χ2n) is 6.30. The first-order valence-electron chi connectivity index (χ1n) is 8.12. The molecular formula is C16H23FN4O2. The summed E-state index contributed by atoms with van der Waals surface area (Å²) in [5.74, 6) is -0.0917. The molecule has 2 aromatic rings. The number of hydrogen-bond acceptors (Lipinski definition) is 5. The predicted octanol–water partition coefficient (Wildman–Crippen LogP) is 2.05. The minimum absolute atomic E-state index is 0.105. The third-order valence-corrected chi connectivity index (χ3v) is 4.70. The topological polar surface area (TPSA) is 85.7 Å². The molecule has 0 spiro atoms. The Kier molecular flexibility index (Phi) is 4.50. The van der Waals surface area contributed by atoms with E-state index >= 15 is 0 Å². The molecule has 6 nitrogen and oxygen atoms in total. The number of aliphatic hydroxyl groups excluding tert-OH is 1. The number of nitrogens with zero attached hydrogens (tertiary/aromatic N) is 3. The Hall–Kier alpha value is -1.73. The van der Waals surface area contributed by atoms with Crippen molar-refractivity contribution in [3.8, 4) is 0 Å². The summed E-state index contributed by atoms with van der Waals surface area (Å²) in [6.45, 7) is 3.49. The molecule has 1 aliphatic carbocycles. The Labute approximate surface area is 134 Å². The summed E-state index contributed by atoms with van der Waals surface area (Å²) in [4.78, 5) is 3.82. The smallest absolute Gasteiger partial charge is 0.238 e. The Morgan fingerprint density at radius 2 is 2.30 bits per heavy atom. The van der Waals surface area contributed by atoms with Gasteiger partial charge in [-0.15, -0.1) is 5.10 Å². The van der Waals surface area contributed by atoms with Gasteiger partial charge in [-0.2, -0.15) is 0 Å². The summed E-state index contributed by atoms with van der Waals surface area (Å²) in [5, 5.41) is 12.9. The lowest BCUT2D eigenvalue weighted by Gasteiger charge is -2.15. The number of nitrogen functional groups attached to an aromatic ring is 1. The van der Waals surface area contributed by atoms with E-state index < -0.39 is 0 Å². The highest BCUT2D eigenvalue weighted by Crippen LogP contribution is 2.51. The first kappa shape index (κ1) is 16.1. The maximum atomic E-state index is 13.7. The van der Waals surface area contributed by atoms with Crippen molar-refractivity contribution >= 4 is 11.5 Å². The fourth-order valence-electron chi connectivity index (χ4n) is 3.01. The molecule has 1 saturated heterocycles. The van der Waals surface area contributed by atoms with E-state index in [0.29, 0.717) is 12.1 Å². The van der Waals surface area contributed by atoms with Crippen LogP contribution < -0.4 is 5.73 Å². The van der Waals surface area contributed by atoms with Crippen LogP contribution in [0.5, 0.6) is 0 Å². The summed E-state index contributed by atoms with van der Waals surface area (Å²) < 4.78 is 20.2. The molecule has 0 aromatic carbocycles. The van der Waals surface area contributed by atoms with Crippen LogP contribution in [-0.4, -0.2) is 39.0 Å². The molecular weight excluding hydrogens is 299 g/mol. The number of aromatic nitrogens is 3. The second-order valence-corrected chi connectivity index (χ2v) is 6.30. The van der Waals surface area contributed by atoms with Crippen LogP contribution in [0.3, 0.4) is 0 Å². The third kappa shape index (κ3) is 3.30. The third-order valence-electron chi connectivity index (χ3n) is 4.70. The lowest BCUT2D eigenvalue weighted by atomic mass is 10.00. The molecule has 1 atom stereocenters. The van der Waals surface area contributed by atoms with Crippen LogP contribution in [-0.2, 0) is 10.2 Å². The molecule has 3 N–H and O–H groups in total. The lowest BCUT2D eigenvalue weighted by Crippen LogP contribution is -2.21. The van der Waals surface area contributed by atoms with Gasteiger partial charge in [0.05, 0.1) is 24.6 Å². The molecule has 4 rings (SSSR count). The fourth-order valence-corrected chi connectivity index (χ4v) is 3.01. The molecule has 23 heavy (non-hydrogen) atoms. The first-order valence-corrected chi connectivity index (χ1v) is 8.12. The van der Waals surface area contributed by atoms with Gasteiger partial charge in [0.15, 0.2) is 5.82 Å². The number of nitrogens with two attached hydrogens (primary N) is 1. The minimum Gasteiger partial charge on any atom is -0.391 e. The van der Waals surface area contributed by atoms with Crippen molar-refractivity contribution in [1.29, 1.82) is 0 Å². The molecule has 0 bridgehead atoms. The SMILES string of the molecule is CCC1(c2cc(F)c3cnc(N)nn23)CC1.OC1CCCOC1. The molecule has 1 saturated carbocycles. The van der Waals surface area contributed by atoms with Crippen LogP contribution in [0.4, 0.5) is 10.3 Å². The van der Waals surface area contributed by atoms with Crippen LogP contribution in [0, 0.1) is 5.82 Å². The minimum atomic E-state index is -0.269. The van der Waals surface area contributed by atoms with E-state index in [1.54, 1.807) is 10.6 Å². The number of anilines is 1. The fraction of sp³-hybridized carbons (Fsp3) is 0.625. The molecule has 2 aromatic heterocycles. The van der Waals surface area contributed by atoms with E-state index in [4.69, 9.17) is 15.6 Å². The van der Waals surface area contributed by atoms with E-state index in [-0.39, 0.29) is 23.3 Å². The van der Waals surface area contributed by atoms with Crippen LogP contribution in [0.1, 0.15) is 44.7 Å². The molecule has 1 unspecified atom stereocenters. The van der Waals surface area contributed by atoms with Crippen molar-refractivity contribution in [2.24, 2.45) is 0 Å². The van der Waals surface area contributed by atoms with E-state index in [1.165, 1.54) is 6.20 Å². The van der Waals surface area contributed by atoms with Gasteiger partial charge in [-0.1, -0.05) is 6.92 Å². The number of aliphatic hydroxyl groups is 1. The van der Waals surface area contributed by atoms with Gasteiger partial charge in [-0.25, -0.2) is 13.9 Å². The molecule has 126 valence electrons. The second kappa shape index (κ2) is 6.41. The Morgan fingerprint density at radius 3 is 2.83 bits per heavy atom. The van der Waals surface area contributed by atoms with Gasteiger partial charge in [0.1, 0.15) is 5.52 Å². The summed E-state index contributed by atoms with van der Waals surface area (Å²) in [7, 11) is 0. The van der Waals surface area contributed by atoms with Crippen LogP contribution in [0.2, 0.25) is 0 Å². The van der Waals surface area contributed by atoms with Gasteiger partial charge in [0.25, 0.3) is 0 Å². The Bertz CT molecular complexity index is 678. The maximum absolute atomic E-state index is 13.7. The van der Waals surface area contributed by atoms with E-state index in [1.807, 2.05) is 0 Å². The first-order chi connectivity index (χ1) is 11.1. The molecule has 7 heteroatoms. The van der Waals surface area contributed by atoms with Crippen LogP contribution >= 0.6 is 0 Å². The van der Waals surface area contributed by atoms with Gasteiger partial charge in [0, 0.05) is 12.0 Å². The van der Waals surface area contributed by atoms with Crippen molar-refractivity contribution in [3.05, 3.63) is 23.8 Å². The van der Waals surface area contributed by atoms with Crippen molar-refractivity contribution in [2.75, 3.05) is 18.9 Å². The average Bonchev–Trinajstić information content (AvgIpc) is 3.28. The zero-order valence-corrected chi connectivity index (χ0v) is 13.3.